The maximum absolute atomic E-state index is 11.9. The second-order valence-corrected chi connectivity index (χ2v) is 8.48. The molecule has 3 rings (SSSR count). The van der Waals surface area contributed by atoms with Gasteiger partial charge >= 0.3 is 0 Å². The lowest BCUT2D eigenvalue weighted by Gasteiger charge is -2.32. The molecule has 2 aromatic carbocycles. The Balaban J connectivity index is 1.40. The zero-order chi connectivity index (χ0) is 20.6. The van der Waals surface area contributed by atoms with Crippen LogP contribution < -0.4 is 10.1 Å². The van der Waals surface area contributed by atoms with Crippen molar-refractivity contribution in [2.24, 2.45) is 5.92 Å². The Morgan fingerprint density at radius 1 is 1.17 bits per heavy atom. The summed E-state index contributed by atoms with van der Waals surface area (Å²) >= 11 is 5.89. The quantitative estimate of drug-likeness (QED) is 0.573. The molecule has 29 heavy (non-hydrogen) atoms. The van der Waals surface area contributed by atoms with Gasteiger partial charge in [-0.1, -0.05) is 37.6 Å². The molecule has 1 heterocycles. The Hall–Kier alpha value is -2.04. The van der Waals surface area contributed by atoms with Gasteiger partial charge in [0.2, 0.25) is 5.91 Å². The van der Waals surface area contributed by atoms with Crippen molar-refractivity contribution >= 4 is 23.2 Å². The molecule has 1 N–H and O–H groups in total. The fourth-order valence-electron chi connectivity index (χ4n) is 3.66. The number of nitrogens with one attached hydrogen (secondary N) is 1. The maximum Gasteiger partial charge on any atom is 0.226 e. The molecule has 4 nitrogen and oxygen atoms in total. The number of piperidine rings is 1. The van der Waals surface area contributed by atoms with E-state index in [0.717, 1.165) is 62.0 Å². The first-order valence-electron chi connectivity index (χ1n) is 10.5. The number of hydrogen-bond acceptors (Lipinski definition) is 3. The summed E-state index contributed by atoms with van der Waals surface area (Å²) in [6.45, 7) is 7.82. The molecular formula is C24H31ClN2O2. The zero-order valence-corrected chi connectivity index (χ0v) is 18.1. The molecule has 0 atom stereocenters. The average molecular weight is 415 g/mol. The number of anilines is 1. The number of carbonyl (C=O) groups excluding carboxylic acids is 1. The molecule has 0 aromatic heterocycles. The summed E-state index contributed by atoms with van der Waals surface area (Å²) in [5.74, 6) is 1.49. The van der Waals surface area contributed by atoms with Crippen molar-refractivity contribution < 1.29 is 9.53 Å². The van der Waals surface area contributed by atoms with Gasteiger partial charge in [0.25, 0.3) is 0 Å². The molecule has 0 bridgehead atoms. The lowest BCUT2D eigenvalue weighted by atomic mass is 9.89. The predicted octanol–water partition coefficient (Wildman–Crippen LogP) is 5.58. The van der Waals surface area contributed by atoms with Gasteiger partial charge in [-0.15, -0.1) is 0 Å². The Bertz CT molecular complexity index is 784. The summed E-state index contributed by atoms with van der Waals surface area (Å²) < 4.78 is 5.78. The molecule has 0 saturated carbocycles. The number of rotatable bonds is 8. The highest BCUT2D eigenvalue weighted by molar-refractivity contribution is 6.30. The number of amides is 1. The summed E-state index contributed by atoms with van der Waals surface area (Å²) in [5.41, 5.74) is 2.24. The fraction of sp³-hybridized carbons (Fsp3) is 0.458. The van der Waals surface area contributed by atoms with Crippen LogP contribution in [0.1, 0.15) is 44.6 Å². The fourth-order valence-corrected chi connectivity index (χ4v) is 3.78. The van der Waals surface area contributed by atoms with E-state index in [1.165, 1.54) is 5.56 Å². The average Bonchev–Trinajstić information content (AvgIpc) is 2.73. The van der Waals surface area contributed by atoms with E-state index in [9.17, 15) is 4.79 Å². The first-order chi connectivity index (χ1) is 14.0. The first-order valence-corrected chi connectivity index (χ1v) is 10.9. The minimum Gasteiger partial charge on any atom is -0.494 e. The summed E-state index contributed by atoms with van der Waals surface area (Å²) in [6, 6.07) is 15.9. The van der Waals surface area contributed by atoms with Crippen molar-refractivity contribution in [1.82, 2.24) is 4.90 Å². The summed E-state index contributed by atoms with van der Waals surface area (Å²) in [6.07, 6.45) is 3.32. The molecule has 0 radical (unpaired) electrons. The van der Waals surface area contributed by atoms with Crippen LogP contribution in [0.15, 0.2) is 48.5 Å². The second kappa shape index (κ2) is 10.7. The Kier molecular flexibility index (Phi) is 7.96. The van der Waals surface area contributed by atoms with Crippen molar-refractivity contribution in [3.05, 3.63) is 59.1 Å². The van der Waals surface area contributed by atoms with Crippen molar-refractivity contribution in [2.75, 3.05) is 31.6 Å². The molecule has 1 saturated heterocycles. The highest BCUT2D eigenvalue weighted by atomic mass is 35.5. The van der Waals surface area contributed by atoms with Crippen LogP contribution in [-0.2, 0) is 4.79 Å². The van der Waals surface area contributed by atoms with E-state index < -0.39 is 0 Å². The van der Waals surface area contributed by atoms with Gasteiger partial charge in [-0.05, 0) is 80.2 Å². The van der Waals surface area contributed by atoms with E-state index in [2.05, 4.69) is 22.3 Å². The SMILES string of the molecule is CC(C)C(=O)Nc1cccc(C2CCN(CCCOc3ccc(Cl)cc3)CC2)c1. The van der Waals surface area contributed by atoms with Gasteiger partial charge in [0, 0.05) is 23.2 Å². The molecule has 0 unspecified atom stereocenters. The van der Waals surface area contributed by atoms with E-state index in [1.807, 2.05) is 50.2 Å². The highest BCUT2D eigenvalue weighted by Gasteiger charge is 2.20. The molecule has 1 aliphatic rings. The lowest BCUT2D eigenvalue weighted by Crippen LogP contribution is -2.34. The van der Waals surface area contributed by atoms with Gasteiger partial charge in [0.1, 0.15) is 5.75 Å². The van der Waals surface area contributed by atoms with Crippen molar-refractivity contribution in [1.29, 1.82) is 0 Å². The van der Waals surface area contributed by atoms with Gasteiger partial charge in [-0.3, -0.25) is 4.79 Å². The van der Waals surface area contributed by atoms with Gasteiger partial charge in [0.05, 0.1) is 6.61 Å². The third kappa shape index (κ3) is 6.76. The van der Waals surface area contributed by atoms with Gasteiger partial charge in [-0.25, -0.2) is 0 Å². The van der Waals surface area contributed by atoms with E-state index in [4.69, 9.17) is 16.3 Å². The van der Waals surface area contributed by atoms with Crippen molar-refractivity contribution in [3.8, 4) is 5.75 Å². The molecule has 1 amide bonds. The van der Waals surface area contributed by atoms with Crippen LogP contribution in [0, 0.1) is 5.92 Å². The number of hydrogen-bond donors (Lipinski definition) is 1. The number of halogens is 1. The predicted molar refractivity (Wildman–Crippen MR) is 120 cm³/mol. The smallest absolute Gasteiger partial charge is 0.226 e. The van der Waals surface area contributed by atoms with Crippen LogP contribution in [0.4, 0.5) is 5.69 Å². The van der Waals surface area contributed by atoms with Crippen LogP contribution >= 0.6 is 11.6 Å². The Morgan fingerprint density at radius 2 is 1.90 bits per heavy atom. The van der Waals surface area contributed by atoms with Crippen LogP contribution in [0.25, 0.3) is 0 Å². The van der Waals surface area contributed by atoms with E-state index in [0.29, 0.717) is 5.92 Å². The van der Waals surface area contributed by atoms with Gasteiger partial charge in [0.15, 0.2) is 0 Å². The van der Waals surface area contributed by atoms with Crippen molar-refractivity contribution in [2.45, 2.75) is 39.0 Å². The number of carbonyl (C=O) groups is 1. The molecule has 5 heteroatoms. The Morgan fingerprint density at radius 3 is 2.59 bits per heavy atom. The third-order valence-corrected chi connectivity index (χ3v) is 5.69. The van der Waals surface area contributed by atoms with E-state index >= 15 is 0 Å². The van der Waals surface area contributed by atoms with Crippen molar-refractivity contribution in [3.63, 3.8) is 0 Å². The van der Waals surface area contributed by atoms with Crippen LogP contribution in [0.5, 0.6) is 5.75 Å². The van der Waals surface area contributed by atoms with Crippen LogP contribution in [0.2, 0.25) is 5.02 Å². The molecule has 1 aliphatic heterocycles. The summed E-state index contributed by atoms with van der Waals surface area (Å²) in [5, 5.41) is 3.74. The van der Waals surface area contributed by atoms with E-state index in [1.54, 1.807) is 0 Å². The molecule has 0 aliphatic carbocycles. The molecule has 156 valence electrons. The van der Waals surface area contributed by atoms with Crippen LogP contribution in [0.3, 0.4) is 0 Å². The topological polar surface area (TPSA) is 41.6 Å². The molecule has 2 aromatic rings. The number of benzene rings is 2. The zero-order valence-electron chi connectivity index (χ0n) is 17.4. The van der Waals surface area contributed by atoms with Gasteiger partial charge < -0.3 is 15.0 Å². The Labute approximate surface area is 179 Å². The van der Waals surface area contributed by atoms with Gasteiger partial charge in [-0.2, -0.15) is 0 Å². The van der Waals surface area contributed by atoms with Crippen LogP contribution in [-0.4, -0.2) is 37.0 Å². The normalized spacial score (nSPS) is 15.4. The third-order valence-electron chi connectivity index (χ3n) is 5.44. The molecule has 1 fully saturated rings. The highest BCUT2D eigenvalue weighted by Crippen LogP contribution is 2.29. The number of likely N-dealkylation sites (tertiary alicyclic amines) is 1. The molecular weight excluding hydrogens is 384 g/mol. The number of ether oxygens (including phenoxy) is 1. The summed E-state index contributed by atoms with van der Waals surface area (Å²) in [7, 11) is 0. The van der Waals surface area contributed by atoms with E-state index in [-0.39, 0.29) is 11.8 Å². The minimum atomic E-state index is -0.00874. The second-order valence-electron chi connectivity index (χ2n) is 8.04. The maximum atomic E-state index is 11.9. The first kappa shape index (κ1) is 21.7. The number of nitrogens with zero attached hydrogens (tertiary/aromatic N) is 1. The summed E-state index contributed by atoms with van der Waals surface area (Å²) in [4.78, 5) is 14.5. The monoisotopic (exact) mass is 414 g/mol. The molecule has 0 spiro atoms. The minimum absolute atomic E-state index is 0.00874. The largest absolute Gasteiger partial charge is 0.494 e. The standard InChI is InChI=1S/C24H31ClN2O2/c1-18(2)24(28)26-22-6-3-5-20(17-22)19-11-14-27(15-12-19)13-4-16-29-23-9-7-21(25)8-10-23/h3,5-10,17-19H,4,11-16H2,1-2H3,(H,26,28). The lowest BCUT2D eigenvalue weighted by molar-refractivity contribution is -0.118.